The molecule has 1 amide bonds. The lowest BCUT2D eigenvalue weighted by Crippen LogP contribution is -2.32. The molecule has 0 atom stereocenters. The Morgan fingerprint density at radius 1 is 1.13 bits per heavy atom. The summed E-state index contributed by atoms with van der Waals surface area (Å²) in [4.78, 5) is 29.4. The summed E-state index contributed by atoms with van der Waals surface area (Å²) in [5.74, 6) is 0.991. The number of rotatable bonds is 5. The SMILES string of the molecule is O=C(Cn1cnc2c(nnn2-c2ccc(Br)cc2)c1=O)NCc1ccc2c(c1)OCO2. The zero-order valence-electron chi connectivity index (χ0n) is 16.0. The zero-order chi connectivity index (χ0) is 21.4. The van der Waals surface area contributed by atoms with Gasteiger partial charge in [0.25, 0.3) is 5.56 Å². The summed E-state index contributed by atoms with van der Waals surface area (Å²) in [5.41, 5.74) is 1.55. The molecule has 0 fully saturated rings. The third-order valence-corrected chi connectivity index (χ3v) is 5.27. The number of hydrogen-bond acceptors (Lipinski definition) is 7. The summed E-state index contributed by atoms with van der Waals surface area (Å²) in [7, 11) is 0. The van der Waals surface area contributed by atoms with E-state index >= 15 is 0 Å². The number of benzene rings is 2. The first-order chi connectivity index (χ1) is 15.1. The van der Waals surface area contributed by atoms with Gasteiger partial charge in [-0.1, -0.05) is 27.2 Å². The van der Waals surface area contributed by atoms with Crippen molar-refractivity contribution in [1.29, 1.82) is 0 Å². The first kappa shape index (κ1) is 19.2. The van der Waals surface area contributed by atoms with Crippen LogP contribution in [0.1, 0.15) is 5.56 Å². The largest absolute Gasteiger partial charge is 0.454 e. The number of carbonyl (C=O) groups is 1. The minimum absolute atomic E-state index is 0.0917. The summed E-state index contributed by atoms with van der Waals surface area (Å²) < 4.78 is 14.2. The molecule has 0 saturated heterocycles. The van der Waals surface area contributed by atoms with Gasteiger partial charge in [0.05, 0.1) is 5.69 Å². The molecule has 1 aliphatic rings. The van der Waals surface area contributed by atoms with Crippen molar-refractivity contribution >= 4 is 33.0 Å². The molecule has 31 heavy (non-hydrogen) atoms. The number of halogens is 1. The average Bonchev–Trinajstić information content (AvgIpc) is 3.42. The smallest absolute Gasteiger partial charge is 0.284 e. The Balaban J connectivity index is 1.31. The van der Waals surface area contributed by atoms with Gasteiger partial charge in [-0.05, 0) is 42.0 Å². The number of nitrogens with zero attached hydrogens (tertiary/aromatic N) is 5. The maximum Gasteiger partial charge on any atom is 0.284 e. The number of nitrogens with one attached hydrogen (secondary N) is 1. The van der Waals surface area contributed by atoms with Crippen LogP contribution in [0.5, 0.6) is 11.5 Å². The first-order valence-corrected chi connectivity index (χ1v) is 10.1. The Kier molecular flexibility index (Phi) is 4.86. The van der Waals surface area contributed by atoms with Crippen LogP contribution in [0.15, 0.2) is 58.1 Å². The predicted molar refractivity (Wildman–Crippen MR) is 113 cm³/mol. The van der Waals surface area contributed by atoms with Crippen LogP contribution in [0, 0.1) is 0 Å². The molecular formula is C20H15BrN6O4. The van der Waals surface area contributed by atoms with E-state index < -0.39 is 5.56 Å². The van der Waals surface area contributed by atoms with Crippen molar-refractivity contribution in [2.75, 3.05) is 6.79 Å². The molecule has 0 radical (unpaired) electrons. The lowest BCUT2D eigenvalue weighted by Gasteiger charge is -2.08. The molecule has 1 aliphatic heterocycles. The summed E-state index contributed by atoms with van der Waals surface area (Å²) in [5, 5.41) is 10.8. The van der Waals surface area contributed by atoms with E-state index in [0.29, 0.717) is 23.7 Å². The van der Waals surface area contributed by atoms with Gasteiger partial charge in [-0.3, -0.25) is 14.2 Å². The Labute approximate surface area is 183 Å². The molecule has 2 aromatic carbocycles. The van der Waals surface area contributed by atoms with E-state index in [1.807, 2.05) is 36.4 Å². The first-order valence-electron chi connectivity index (χ1n) is 9.30. The molecule has 1 N–H and O–H groups in total. The van der Waals surface area contributed by atoms with Crippen molar-refractivity contribution in [3.8, 4) is 17.2 Å². The third kappa shape index (κ3) is 3.75. The van der Waals surface area contributed by atoms with Crippen LogP contribution < -0.4 is 20.3 Å². The van der Waals surface area contributed by atoms with Crippen LogP contribution in [0.25, 0.3) is 16.9 Å². The van der Waals surface area contributed by atoms with E-state index in [-0.39, 0.29) is 24.8 Å². The average molecular weight is 483 g/mol. The van der Waals surface area contributed by atoms with Crippen LogP contribution in [-0.4, -0.2) is 37.2 Å². The molecule has 3 heterocycles. The molecule has 4 aromatic rings. The lowest BCUT2D eigenvalue weighted by atomic mass is 10.2. The summed E-state index contributed by atoms with van der Waals surface area (Å²) in [6, 6.07) is 12.8. The van der Waals surface area contributed by atoms with Gasteiger partial charge >= 0.3 is 0 Å². The highest BCUT2D eigenvalue weighted by molar-refractivity contribution is 9.10. The van der Waals surface area contributed by atoms with Crippen molar-refractivity contribution in [2.45, 2.75) is 13.1 Å². The topological polar surface area (TPSA) is 113 Å². The molecular weight excluding hydrogens is 468 g/mol. The van der Waals surface area contributed by atoms with Crippen LogP contribution in [-0.2, 0) is 17.9 Å². The Morgan fingerprint density at radius 2 is 1.94 bits per heavy atom. The fourth-order valence-corrected chi connectivity index (χ4v) is 3.44. The number of carbonyl (C=O) groups excluding carboxylic acids is 1. The minimum Gasteiger partial charge on any atom is -0.454 e. The third-order valence-electron chi connectivity index (χ3n) is 4.74. The normalized spacial score (nSPS) is 12.3. The molecule has 0 bridgehead atoms. The van der Waals surface area contributed by atoms with E-state index in [0.717, 1.165) is 15.7 Å². The summed E-state index contributed by atoms with van der Waals surface area (Å²) in [6.45, 7) is 0.299. The molecule has 156 valence electrons. The van der Waals surface area contributed by atoms with Crippen molar-refractivity contribution in [2.24, 2.45) is 0 Å². The molecule has 11 heteroatoms. The van der Waals surface area contributed by atoms with Gasteiger partial charge in [-0.2, -0.15) is 4.68 Å². The maximum absolute atomic E-state index is 12.8. The highest BCUT2D eigenvalue weighted by atomic mass is 79.9. The second-order valence-electron chi connectivity index (χ2n) is 6.79. The molecule has 0 spiro atoms. The molecule has 0 aliphatic carbocycles. The van der Waals surface area contributed by atoms with Gasteiger partial charge in [0.15, 0.2) is 22.7 Å². The lowest BCUT2D eigenvalue weighted by molar-refractivity contribution is -0.121. The van der Waals surface area contributed by atoms with Crippen molar-refractivity contribution in [1.82, 2.24) is 29.9 Å². The second-order valence-corrected chi connectivity index (χ2v) is 7.71. The molecule has 0 unspecified atom stereocenters. The number of fused-ring (bicyclic) bond motifs is 2. The quantitative estimate of drug-likeness (QED) is 0.461. The number of amides is 1. The van der Waals surface area contributed by atoms with Crippen LogP contribution in [0.2, 0.25) is 0 Å². The maximum atomic E-state index is 12.8. The van der Waals surface area contributed by atoms with E-state index in [1.165, 1.54) is 15.6 Å². The summed E-state index contributed by atoms with van der Waals surface area (Å²) >= 11 is 3.38. The predicted octanol–water partition coefficient (Wildman–Crippen LogP) is 1.78. The fraction of sp³-hybridized carbons (Fsp3) is 0.150. The van der Waals surface area contributed by atoms with Crippen LogP contribution in [0.4, 0.5) is 0 Å². The van der Waals surface area contributed by atoms with E-state index in [1.54, 1.807) is 6.07 Å². The second kappa shape index (κ2) is 7.84. The van der Waals surface area contributed by atoms with E-state index in [9.17, 15) is 9.59 Å². The van der Waals surface area contributed by atoms with Gasteiger partial charge in [-0.15, -0.1) is 5.10 Å². The Morgan fingerprint density at radius 3 is 2.77 bits per heavy atom. The van der Waals surface area contributed by atoms with Crippen LogP contribution >= 0.6 is 15.9 Å². The Hall–Kier alpha value is -3.73. The van der Waals surface area contributed by atoms with Gasteiger partial charge in [0.2, 0.25) is 12.7 Å². The fourth-order valence-electron chi connectivity index (χ4n) is 3.17. The highest BCUT2D eigenvalue weighted by Crippen LogP contribution is 2.32. The van der Waals surface area contributed by atoms with Gasteiger partial charge in [-0.25, -0.2) is 4.98 Å². The van der Waals surface area contributed by atoms with Crippen molar-refractivity contribution in [3.05, 3.63) is 69.2 Å². The van der Waals surface area contributed by atoms with Gasteiger partial charge in [0.1, 0.15) is 12.9 Å². The number of ether oxygens (including phenoxy) is 2. The zero-order valence-corrected chi connectivity index (χ0v) is 17.6. The molecule has 0 saturated carbocycles. The molecule has 2 aromatic heterocycles. The number of hydrogen-bond donors (Lipinski definition) is 1. The minimum atomic E-state index is -0.438. The summed E-state index contributed by atoms with van der Waals surface area (Å²) in [6.07, 6.45) is 1.32. The van der Waals surface area contributed by atoms with Crippen molar-refractivity contribution in [3.63, 3.8) is 0 Å². The molecule has 10 nitrogen and oxygen atoms in total. The van der Waals surface area contributed by atoms with Gasteiger partial charge < -0.3 is 14.8 Å². The Bertz CT molecular complexity index is 1350. The van der Waals surface area contributed by atoms with Gasteiger partial charge in [0, 0.05) is 11.0 Å². The van der Waals surface area contributed by atoms with E-state index in [2.05, 4.69) is 36.5 Å². The standard InChI is InChI=1S/C20H15BrN6O4/c21-13-2-4-14(5-3-13)27-19-18(24-25-27)20(29)26(10-23-19)9-17(28)22-8-12-1-6-15-16(7-12)31-11-30-15/h1-7,10H,8-9,11H2,(H,22,28). The van der Waals surface area contributed by atoms with Crippen molar-refractivity contribution < 1.29 is 14.3 Å². The molecule has 5 rings (SSSR count). The van der Waals surface area contributed by atoms with E-state index in [4.69, 9.17) is 9.47 Å². The monoisotopic (exact) mass is 482 g/mol. The number of aromatic nitrogens is 5. The highest BCUT2D eigenvalue weighted by Gasteiger charge is 2.16. The van der Waals surface area contributed by atoms with Crippen LogP contribution in [0.3, 0.4) is 0 Å².